The quantitative estimate of drug-likeness (QED) is 0.755. The minimum atomic E-state index is -0.203. The molecule has 0 bridgehead atoms. The van der Waals surface area contributed by atoms with Crippen molar-refractivity contribution in [3.63, 3.8) is 0 Å². The second-order valence-electron chi connectivity index (χ2n) is 7.62. The maximum Gasteiger partial charge on any atom is 0.251 e. The van der Waals surface area contributed by atoms with Gasteiger partial charge < -0.3 is 4.90 Å². The molecule has 1 aromatic carbocycles. The Hall–Kier alpha value is -1.62. The van der Waals surface area contributed by atoms with E-state index in [9.17, 15) is 4.79 Å². The Kier molecular flexibility index (Phi) is 4.32. The molecule has 0 N–H and O–H groups in total. The van der Waals surface area contributed by atoms with Crippen LogP contribution in [0.4, 0.5) is 5.69 Å². The Labute approximate surface area is 152 Å². The van der Waals surface area contributed by atoms with E-state index in [1.807, 2.05) is 21.8 Å². The second kappa shape index (κ2) is 6.03. The molecule has 5 heteroatoms. The highest BCUT2D eigenvalue weighted by Gasteiger charge is 2.35. The lowest BCUT2D eigenvalue weighted by Gasteiger charge is -2.19. The van der Waals surface area contributed by atoms with Gasteiger partial charge in [0.2, 0.25) is 0 Å². The largest absolute Gasteiger partial charge is 0.310 e. The predicted octanol–water partition coefficient (Wildman–Crippen LogP) is 4.54. The van der Waals surface area contributed by atoms with Gasteiger partial charge in [-0.15, -0.1) is 0 Å². The van der Waals surface area contributed by atoms with Gasteiger partial charge in [-0.25, -0.2) is 0 Å². The SMILES string of the molecule is Cc1cc(N2CCC(n3ccc(C(C)(C)C)n3)C2=O)cc(C)c1Br. The highest BCUT2D eigenvalue weighted by molar-refractivity contribution is 9.10. The van der Waals surface area contributed by atoms with E-state index in [2.05, 4.69) is 67.8 Å². The third-order valence-electron chi connectivity index (χ3n) is 4.61. The van der Waals surface area contributed by atoms with Crippen LogP contribution in [0, 0.1) is 13.8 Å². The van der Waals surface area contributed by atoms with Gasteiger partial charge in [0.15, 0.2) is 0 Å². The number of aromatic nitrogens is 2. The van der Waals surface area contributed by atoms with Crippen molar-refractivity contribution >= 4 is 27.5 Å². The van der Waals surface area contributed by atoms with Gasteiger partial charge in [-0.05, 0) is 49.6 Å². The number of nitrogens with zero attached hydrogens (tertiary/aromatic N) is 3. The molecule has 2 heterocycles. The summed E-state index contributed by atoms with van der Waals surface area (Å²) in [7, 11) is 0. The number of hydrogen-bond donors (Lipinski definition) is 0. The summed E-state index contributed by atoms with van der Waals surface area (Å²) in [6.45, 7) is 11.2. The summed E-state index contributed by atoms with van der Waals surface area (Å²) in [5.41, 5.74) is 4.28. The number of rotatable bonds is 2. The Morgan fingerprint density at radius 1 is 1.21 bits per heavy atom. The van der Waals surface area contributed by atoms with Crippen LogP contribution in [0.2, 0.25) is 0 Å². The molecule has 0 aliphatic carbocycles. The lowest BCUT2D eigenvalue weighted by molar-refractivity contribution is -0.120. The van der Waals surface area contributed by atoms with Crippen molar-refractivity contribution in [2.24, 2.45) is 0 Å². The van der Waals surface area contributed by atoms with Crippen LogP contribution >= 0.6 is 15.9 Å². The summed E-state index contributed by atoms with van der Waals surface area (Å²) in [6.07, 6.45) is 2.73. The summed E-state index contributed by atoms with van der Waals surface area (Å²) in [5.74, 6) is 0.125. The Balaban J connectivity index is 1.87. The van der Waals surface area contributed by atoms with E-state index in [1.54, 1.807) is 0 Å². The fraction of sp³-hybridized carbons (Fsp3) is 0.474. The molecule has 1 aliphatic heterocycles. The van der Waals surface area contributed by atoms with Gasteiger partial charge in [0, 0.05) is 28.3 Å². The summed E-state index contributed by atoms with van der Waals surface area (Å²) in [6, 6.07) is 5.96. The smallest absolute Gasteiger partial charge is 0.251 e. The first kappa shape index (κ1) is 17.2. The molecule has 1 amide bonds. The van der Waals surface area contributed by atoms with Crippen LogP contribution in [-0.2, 0) is 10.2 Å². The lowest BCUT2D eigenvalue weighted by Crippen LogP contribution is -2.28. The Morgan fingerprint density at radius 2 is 1.83 bits per heavy atom. The molecule has 2 aromatic rings. The van der Waals surface area contributed by atoms with Crippen LogP contribution in [0.3, 0.4) is 0 Å². The number of carbonyl (C=O) groups excluding carboxylic acids is 1. The predicted molar refractivity (Wildman–Crippen MR) is 101 cm³/mol. The molecule has 1 aromatic heterocycles. The van der Waals surface area contributed by atoms with Crippen molar-refractivity contribution in [3.8, 4) is 0 Å². The lowest BCUT2D eigenvalue weighted by atomic mass is 9.93. The fourth-order valence-corrected chi connectivity index (χ4v) is 3.39. The molecule has 1 aliphatic rings. The first-order chi connectivity index (χ1) is 11.2. The van der Waals surface area contributed by atoms with E-state index in [-0.39, 0.29) is 17.4 Å². The molecular formula is C19H24BrN3O. The van der Waals surface area contributed by atoms with Gasteiger partial charge in [-0.2, -0.15) is 5.10 Å². The molecule has 4 nitrogen and oxygen atoms in total. The minimum Gasteiger partial charge on any atom is -0.310 e. The van der Waals surface area contributed by atoms with Gasteiger partial charge in [-0.1, -0.05) is 36.7 Å². The number of anilines is 1. The zero-order chi connectivity index (χ0) is 17.6. The highest BCUT2D eigenvalue weighted by Crippen LogP contribution is 2.33. The average molecular weight is 390 g/mol. The van der Waals surface area contributed by atoms with Crippen molar-refractivity contribution in [1.82, 2.24) is 9.78 Å². The third-order valence-corrected chi connectivity index (χ3v) is 5.86. The molecule has 0 saturated carbocycles. The average Bonchev–Trinajstić information content (AvgIpc) is 3.10. The van der Waals surface area contributed by atoms with Crippen LogP contribution in [-0.4, -0.2) is 22.2 Å². The number of benzene rings is 1. The van der Waals surface area contributed by atoms with Gasteiger partial charge >= 0.3 is 0 Å². The first-order valence-electron chi connectivity index (χ1n) is 8.32. The summed E-state index contributed by atoms with van der Waals surface area (Å²) in [4.78, 5) is 14.8. The van der Waals surface area contributed by atoms with E-state index >= 15 is 0 Å². The molecule has 1 saturated heterocycles. The van der Waals surface area contributed by atoms with Crippen molar-refractivity contribution in [1.29, 1.82) is 0 Å². The highest BCUT2D eigenvalue weighted by atomic mass is 79.9. The van der Waals surface area contributed by atoms with Crippen molar-refractivity contribution < 1.29 is 4.79 Å². The van der Waals surface area contributed by atoms with E-state index in [1.165, 1.54) is 0 Å². The van der Waals surface area contributed by atoms with Gasteiger partial charge in [-0.3, -0.25) is 9.48 Å². The number of hydrogen-bond acceptors (Lipinski definition) is 2. The molecule has 1 atom stereocenters. The van der Waals surface area contributed by atoms with Crippen LogP contribution in [0.15, 0.2) is 28.9 Å². The van der Waals surface area contributed by atoms with Crippen molar-refractivity contribution in [3.05, 3.63) is 45.7 Å². The van der Waals surface area contributed by atoms with E-state index in [0.717, 1.165) is 39.9 Å². The normalized spacial score (nSPS) is 18.5. The second-order valence-corrected chi connectivity index (χ2v) is 8.41. The molecule has 3 rings (SSSR count). The minimum absolute atomic E-state index is 0.00742. The molecule has 0 spiro atoms. The molecule has 1 unspecified atom stereocenters. The zero-order valence-electron chi connectivity index (χ0n) is 14.9. The molecule has 24 heavy (non-hydrogen) atoms. The van der Waals surface area contributed by atoms with Crippen LogP contribution in [0.5, 0.6) is 0 Å². The zero-order valence-corrected chi connectivity index (χ0v) is 16.5. The van der Waals surface area contributed by atoms with Gasteiger partial charge in [0.25, 0.3) is 5.91 Å². The van der Waals surface area contributed by atoms with Crippen LogP contribution in [0.1, 0.15) is 50.1 Å². The molecular weight excluding hydrogens is 366 g/mol. The topological polar surface area (TPSA) is 38.1 Å². The van der Waals surface area contributed by atoms with Crippen molar-refractivity contribution in [2.45, 2.75) is 52.5 Å². The Bertz CT molecular complexity index is 765. The number of aryl methyl sites for hydroxylation is 2. The standard InChI is InChI=1S/C19H24BrN3O/c1-12-10-14(11-13(2)17(12)20)22-8-6-15(18(22)24)23-9-7-16(21-23)19(3,4)5/h7,9-11,15H,6,8H2,1-5H3. The number of amides is 1. The number of carbonyl (C=O) groups is 1. The summed E-state index contributed by atoms with van der Waals surface area (Å²) in [5, 5.41) is 4.65. The molecule has 0 radical (unpaired) electrons. The fourth-order valence-electron chi connectivity index (χ4n) is 3.16. The maximum absolute atomic E-state index is 12.9. The van der Waals surface area contributed by atoms with Gasteiger partial charge in [0.1, 0.15) is 6.04 Å². The van der Waals surface area contributed by atoms with Gasteiger partial charge in [0.05, 0.1) is 5.69 Å². The van der Waals surface area contributed by atoms with Crippen molar-refractivity contribution in [2.75, 3.05) is 11.4 Å². The maximum atomic E-state index is 12.9. The van der Waals surface area contributed by atoms with Crippen LogP contribution in [0.25, 0.3) is 0 Å². The first-order valence-corrected chi connectivity index (χ1v) is 9.11. The van der Waals surface area contributed by atoms with E-state index in [0.29, 0.717) is 0 Å². The Morgan fingerprint density at radius 3 is 2.38 bits per heavy atom. The van der Waals surface area contributed by atoms with E-state index < -0.39 is 0 Å². The summed E-state index contributed by atoms with van der Waals surface area (Å²) < 4.78 is 2.94. The van der Waals surface area contributed by atoms with E-state index in [4.69, 9.17) is 0 Å². The number of halogens is 1. The third kappa shape index (κ3) is 3.02. The molecule has 1 fully saturated rings. The molecule has 128 valence electrons. The monoisotopic (exact) mass is 389 g/mol. The van der Waals surface area contributed by atoms with Crippen LogP contribution < -0.4 is 4.90 Å². The summed E-state index contributed by atoms with van der Waals surface area (Å²) >= 11 is 3.59.